The van der Waals surface area contributed by atoms with Gasteiger partial charge in [-0.2, -0.15) is 8.91 Å². The van der Waals surface area contributed by atoms with Crippen molar-refractivity contribution in [1.82, 2.24) is 0 Å². The maximum atomic E-state index is 11.7. The third kappa shape index (κ3) is 3.36. The molecule has 0 bridgehead atoms. The van der Waals surface area contributed by atoms with Crippen LogP contribution in [0.25, 0.3) is 10.8 Å². The van der Waals surface area contributed by atoms with Crippen LogP contribution >= 0.6 is 12.0 Å². The molecule has 3 rings (SSSR count). The lowest BCUT2D eigenvalue weighted by Gasteiger charge is -2.22. The van der Waals surface area contributed by atoms with E-state index in [4.69, 9.17) is 0 Å². The quantitative estimate of drug-likeness (QED) is 0.231. The van der Waals surface area contributed by atoms with Gasteiger partial charge in [-0.1, -0.05) is 13.8 Å². The van der Waals surface area contributed by atoms with E-state index in [1.54, 1.807) is 0 Å². The smallest absolute Gasteiger partial charge is 0.210 e. The van der Waals surface area contributed by atoms with Gasteiger partial charge in [0.15, 0.2) is 5.71 Å². The van der Waals surface area contributed by atoms with E-state index < -0.39 is 10.1 Å². The summed E-state index contributed by atoms with van der Waals surface area (Å²) in [7, 11) is -4.70. The van der Waals surface area contributed by atoms with Gasteiger partial charge in [-0.15, -0.1) is 0 Å². The van der Waals surface area contributed by atoms with Gasteiger partial charge in [0.2, 0.25) is 5.69 Å². The molecule has 152 valence electrons. The number of hydrogen-bond acceptors (Lipinski definition) is 7. The monoisotopic (exact) mass is 424 g/mol. The summed E-state index contributed by atoms with van der Waals surface area (Å²) in [6.45, 7) is 11.3. The average molecular weight is 425 g/mol. The van der Waals surface area contributed by atoms with Gasteiger partial charge in [0, 0.05) is 22.4 Å². The van der Waals surface area contributed by atoms with Crippen LogP contribution in [0.3, 0.4) is 0 Å². The van der Waals surface area contributed by atoms with Gasteiger partial charge in [-0.05, 0) is 49.7 Å². The zero-order valence-electron chi connectivity index (χ0n) is 16.3. The lowest BCUT2D eigenvalue weighted by atomic mass is 9.76. The first-order valence-electron chi connectivity index (χ1n) is 8.89. The molecule has 0 spiro atoms. The molecular formula is C19H22NO6S2-. The second kappa shape index (κ2) is 7.40. The second-order valence-corrected chi connectivity index (χ2v) is 9.68. The molecule has 1 aliphatic heterocycles. The molecule has 2 aromatic rings. The standard InChI is InChI=1S/C19H23NO6S2/c1-6-20-15-8-7-13-14(17(15)19(4,5)18(20)11(2)3)9-12(28(22,23)24)10-16(13)27-26-25-21/h7-11H,6H2,1-5H3,(H-,21,22,23,24)/p-1. The molecule has 28 heavy (non-hydrogen) atoms. The Balaban J connectivity index is 2.41. The van der Waals surface area contributed by atoms with Crippen LogP contribution in [0.2, 0.25) is 0 Å². The van der Waals surface area contributed by atoms with Crippen LogP contribution in [0.4, 0.5) is 5.69 Å². The van der Waals surface area contributed by atoms with E-state index in [-0.39, 0.29) is 16.2 Å². The van der Waals surface area contributed by atoms with Crippen molar-refractivity contribution in [2.24, 2.45) is 5.92 Å². The molecule has 0 saturated heterocycles. The minimum atomic E-state index is -4.70. The SMILES string of the molecule is CC[N+]1=C(C(C)C)C(C)(C)c2c1ccc1c(SOO[O-])cc(S(=O)(=O)[O-])cc21. The highest BCUT2D eigenvalue weighted by atomic mass is 32.2. The maximum absolute atomic E-state index is 11.7. The van der Waals surface area contributed by atoms with Crippen molar-refractivity contribution in [3.05, 3.63) is 29.8 Å². The molecule has 0 fully saturated rings. The Morgan fingerprint density at radius 1 is 1.21 bits per heavy atom. The Bertz CT molecular complexity index is 1070. The van der Waals surface area contributed by atoms with Crippen molar-refractivity contribution in [2.45, 2.75) is 49.8 Å². The average Bonchev–Trinajstić information content (AvgIpc) is 2.85. The first kappa shape index (κ1) is 21.2. The molecule has 0 unspecified atom stereocenters. The third-order valence-corrected chi connectivity index (χ3v) is 6.65. The van der Waals surface area contributed by atoms with Gasteiger partial charge in [-0.25, -0.2) is 8.42 Å². The molecule has 0 radical (unpaired) electrons. The summed E-state index contributed by atoms with van der Waals surface area (Å²) in [6, 6.07) is 6.43. The van der Waals surface area contributed by atoms with E-state index in [1.807, 2.05) is 12.1 Å². The van der Waals surface area contributed by atoms with E-state index in [0.29, 0.717) is 27.7 Å². The Morgan fingerprint density at radius 2 is 1.89 bits per heavy atom. The summed E-state index contributed by atoms with van der Waals surface area (Å²) < 4.78 is 41.9. The predicted molar refractivity (Wildman–Crippen MR) is 103 cm³/mol. The largest absolute Gasteiger partial charge is 0.744 e. The molecule has 0 aromatic heterocycles. The fourth-order valence-electron chi connectivity index (χ4n) is 4.48. The van der Waals surface area contributed by atoms with Gasteiger partial charge in [0.05, 0.1) is 22.4 Å². The highest BCUT2D eigenvalue weighted by molar-refractivity contribution is 7.94. The van der Waals surface area contributed by atoms with Crippen molar-refractivity contribution in [2.75, 3.05) is 6.54 Å². The minimum absolute atomic E-state index is 0.273. The van der Waals surface area contributed by atoms with Crippen LogP contribution in [-0.2, 0) is 24.9 Å². The van der Waals surface area contributed by atoms with E-state index in [9.17, 15) is 18.2 Å². The lowest BCUT2D eigenvalue weighted by molar-refractivity contribution is -0.777. The first-order valence-corrected chi connectivity index (χ1v) is 11.0. The summed E-state index contributed by atoms with van der Waals surface area (Å²) in [5, 5.41) is 15.0. The normalized spacial score (nSPS) is 16.3. The second-order valence-electron chi connectivity index (χ2n) is 7.56. The van der Waals surface area contributed by atoms with Gasteiger partial charge in [0.25, 0.3) is 0 Å². The topological polar surface area (TPSA) is 102 Å². The van der Waals surface area contributed by atoms with E-state index in [2.05, 4.69) is 48.6 Å². The maximum Gasteiger partial charge on any atom is 0.210 e. The highest BCUT2D eigenvalue weighted by Gasteiger charge is 2.47. The molecule has 7 nitrogen and oxygen atoms in total. The van der Waals surface area contributed by atoms with Gasteiger partial charge >= 0.3 is 0 Å². The zero-order chi connectivity index (χ0) is 20.9. The van der Waals surface area contributed by atoms with Crippen LogP contribution in [0, 0.1) is 5.92 Å². The number of nitrogens with zero attached hydrogens (tertiary/aromatic N) is 1. The lowest BCUT2D eigenvalue weighted by Crippen LogP contribution is -2.33. The third-order valence-electron chi connectivity index (χ3n) is 5.20. The summed E-state index contributed by atoms with van der Waals surface area (Å²) in [5.74, 6) is 0.273. The Kier molecular flexibility index (Phi) is 5.61. The molecule has 1 heterocycles. The summed E-state index contributed by atoms with van der Waals surface area (Å²) in [6.07, 6.45) is 0. The van der Waals surface area contributed by atoms with Crippen molar-refractivity contribution in [3.63, 3.8) is 0 Å². The number of fused-ring (bicyclic) bond motifs is 3. The molecule has 0 saturated carbocycles. The van der Waals surface area contributed by atoms with Crippen LogP contribution in [0.1, 0.15) is 40.2 Å². The van der Waals surface area contributed by atoms with Crippen LogP contribution < -0.4 is 5.26 Å². The molecule has 0 N–H and O–H groups in total. The number of benzene rings is 2. The molecule has 1 aliphatic rings. The van der Waals surface area contributed by atoms with E-state index >= 15 is 0 Å². The fraction of sp³-hybridized carbons (Fsp3) is 0.421. The molecule has 0 amide bonds. The molecular weight excluding hydrogens is 402 g/mol. The van der Waals surface area contributed by atoms with Crippen molar-refractivity contribution in [3.8, 4) is 0 Å². The van der Waals surface area contributed by atoms with Crippen LogP contribution in [0.5, 0.6) is 0 Å². The van der Waals surface area contributed by atoms with Gasteiger partial charge in [0.1, 0.15) is 16.7 Å². The Labute approximate surface area is 168 Å². The molecule has 0 atom stereocenters. The fourth-order valence-corrected chi connectivity index (χ4v) is 5.62. The first-order chi connectivity index (χ1) is 13.0. The minimum Gasteiger partial charge on any atom is -0.744 e. The zero-order valence-corrected chi connectivity index (χ0v) is 17.9. The van der Waals surface area contributed by atoms with Crippen LogP contribution in [0.15, 0.2) is 34.1 Å². The predicted octanol–water partition coefficient (Wildman–Crippen LogP) is 3.03. The summed E-state index contributed by atoms with van der Waals surface area (Å²) in [5.41, 5.74) is 2.79. The summed E-state index contributed by atoms with van der Waals surface area (Å²) >= 11 is 0.581. The molecule has 9 heteroatoms. The van der Waals surface area contributed by atoms with Crippen molar-refractivity contribution < 1.29 is 32.2 Å². The Morgan fingerprint density at radius 3 is 2.43 bits per heavy atom. The highest BCUT2D eigenvalue weighted by Crippen LogP contribution is 2.47. The van der Waals surface area contributed by atoms with E-state index in [0.717, 1.165) is 17.8 Å². The molecule has 2 aromatic carbocycles. The van der Waals surface area contributed by atoms with Crippen LogP contribution in [-0.4, -0.2) is 29.8 Å². The summed E-state index contributed by atoms with van der Waals surface area (Å²) in [4.78, 5) is -0.0512. The Hall–Kier alpha value is -1.49. The van der Waals surface area contributed by atoms with Crippen molar-refractivity contribution in [1.29, 1.82) is 0 Å². The van der Waals surface area contributed by atoms with Gasteiger partial charge < -0.3 is 9.81 Å². The number of rotatable bonds is 6. The number of hydrogen-bond donors (Lipinski definition) is 0. The van der Waals surface area contributed by atoms with Gasteiger partial charge in [-0.3, -0.25) is 5.04 Å². The van der Waals surface area contributed by atoms with E-state index in [1.165, 1.54) is 17.8 Å². The van der Waals surface area contributed by atoms with Crippen molar-refractivity contribution >= 4 is 44.3 Å². The molecule has 0 aliphatic carbocycles.